The van der Waals surface area contributed by atoms with Gasteiger partial charge in [-0.2, -0.15) is 0 Å². The highest BCUT2D eigenvalue weighted by atomic mass is 32.2. The van der Waals surface area contributed by atoms with Crippen LogP contribution in [-0.4, -0.2) is 47.2 Å². The lowest BCUT2D eigenvalue weighted by Crippen LogP contribution is -2.36. The molecule has 1 aliphatic heterocycles. The number of carbonyl (C=O) groups excluding carboxylic acids is 2. The van der Waals surface area contributed by atoms with Crippen molar-refractivity contribution in [2.45, 2.75) is 24.9 Å². The summed E-state index contributed by atoms with van der Waals surface area (Å²) in [7, 11) is 0. The number of fused-ring (bicyclic) bond motifs is 3. The van der Waals surface area contributed by atoms with E-state index in [1.165, 1.54) is 27.5 Å². The number of thiazole rings is 1. The number of esters is 1. The maximum absolute atomic E-state index is 13.0. The summed E-state index contributed by atoms with van der Waals surface area (Å²) in [6.07, 6.45) is 2.47. The van der Waals surface area contributed by atoms with E-state index < -0.39 is 17.4 Å². The van der Waals surface area contributed by atoms with Crippen molar-refractivity contribution in [1.29, 1.82) is 0 Å². The number of nitrogens with one attached hydrogen (secondary N) is 2. The van der Waals surface area contributed by atoms with Crippen molar-refractivity contribution >= 4 is 39.9 Å². The molecule has 0 fully saturated rings. The molecule has 0 saturated carbocycles. The first-order chi connectivity index (χ1) is 12.1. The van der Waals surface area contributed by atoms with Crippen LogP contribution in [0.1, 0.15) is 27.9 Å². The minimum absolute atomic E-state index is 0.0339. The quantitative estimate of drug-likeness (QED) is 0.439. The van der Waals surface area contributed by atoms with Crippen LogP contribution >= 0.6 is 23.1 Å². The van der Waals surface area contributed by atoms with E-state index in [0.29, 0.717) is 23.0 Å². The Morgan fingerprint density at radius 2 is 2.28 bits per heavy atom. The van der Waals surface area contributed by atoms with Crippen molar-refractivity contribution in [1.82, 2.24) is 20.0 Å². The lowest BCUT2D eigenvalue weighted by atomic mass is 10.2. The Bertz CT molecular complexity index is 890. The number of nitrogens with zero attached hydrogens (tertiary/aromatic N) is 2. The van der Waals surface area contributed by atoms with Gasteiger partial charge in [-0.05, 0) is 13.2 Å². The Balaban J connectivity index is 2.01. The fraction of sp³-hybridized carbons (Fsp3) is 0.467. The first kappa shape index (κ1) is 17.9. The molecule has 0 aromatic carbocycles. The second kappa shape index (κ2) is 7.54. The zero-order chi connectivity index (χ0) is 18.0. The predicted molar refractivity (Wildman–Crippen MR) is 95.5 cm³/mol. The molecule has 25 heavy (non-hydrogen) atoms. The molecule has 0 radical (unpaired) electrons. The van der Waals surface area contributed by atoms with Crippen molar-refractivity contribution in [2.24, 2.45) is 0 Å². The zero-order valence-corrected chi connectivity index (χ0v) is 15.5. The van der Waals surface area contributed by atoms with Gasteiger partial charge in [-0.15, -0.1) is 11.8 Å². The second-order valence-electron chi connectivity index (χ2n) is 5.31. The van der Waals surface area contributed by atoms with Crippen LogP contribution in [-0.2, 0) is 22.5 Å². The normalized spacial score (nSPS) is 13.5. The number of aromatic nitrogens is 2. The van der Waals surface area contributed by atoms with Crippen molar-refractivity contribution in [2.75, 3.05) is 26.0 Å². The SMILES string of the molecule is CCOC(=O)CNC(=O)c1c(SC)nc2sc3c(n2c1=O)CCNC3. The van der Waals surface area contributed by atoms with Gasteiger partial charge in [0, 0.05) is 30.1 Å². The Labute approximate surface area is 152 Å². The second-order valence-corrected chi connectivity index (χ2v) is 7.16. The van der Waals surface area contributed by atoms with E-state index in [2.05, 4.69) is 15.6 Å². The Hall–Kier alpha value is -1.91. The highest BCUT2D eigenvalue weighted by molar-refractivity contribution is 7.98. The third kappa shape index (κ3) is 3.42. The summed E-state index contributed by atoms with van der Waals surface area (Å²) in [5.41, 5.74) is 0.479. The molecule has 0 saturated heterocycles. The molecule has 2 aromatic rings. The predicted octanol–water partition coefficient (Wildman–Crippen LogP) is 0.416. The van der Waals surface area contributed by atoms with E-state index >= 15 is 0 Å². The fourth-order valence-corrected chi connectivity index (χ4v) is 4.42. The van der Waals surface area contributed by atoms with Gasteiger partial charge in [0.15, 0.2) is 4.96 Å². The van der Waals surface area contributed by atoms with Crippen LogP contribution in [0.25, 0.3) is 4.96 Å². The average molecular weight is 382 g/mol. The lowest BCUT2D eigenvalue weighted by molar-refractivity contribution is -0.141. The van der Waals surface area contributed by atoms with E-state index in [1.54, 1.807) is 13.2 Å². The first-order valence-electron chi connectivity index (χ1n) is 7.82. The van der Waals surface area contributed by atoms with Gasteiger partial charge in [0.05, 0.1) is 6.61 Å². The number of ether oxygens (including phenoxy) is 1. The molecule has 2 aromatic heterocycles. The van der Waals surface area contributed by atoms with Crippen LogP contribution in [0.4, 0.5) is 0 Å². The van der Waals surface area contributed by atoms with Gasteiger partial charge in [-0.25, -0.2) is 4.98 Å². The summed E-state index contributed by atoms with van der Waals surface area (Å²) in [5, 5.41) is 6.07. The van der Waals surface area contributed by atoms with E-state index in [1.807, 2.05) is 0 Å². The van der Waals surface area contributed by atoms with Gasteiger partial charge in [0.2, 0.25) is 0 Å². The number of rotatable bonds is 5. The van der Waals surface area contributed by atoms with E-state index in [0.717, 1.165) is 17.1 Å². The number of hydrogen-bond acceptors (Lipinski definition) is 8. The molecular weight excluding hydrogens is 364 g/mol. The maximum atomic E-state index is 13.0. The topological polar surface area (TPSA) is 102 Å². The van der Waals surface area contributed by atoms with Gasteiger partial charge >= 0.3 is 5.97 Å². The molecule has 3 heterocycles. The first-order valence-corrected chi connectivity index (χ1v) is 9.86. The molecule has 2 N–H and O–H groups in total. The molecule has 134 valence electrons. The number of hydrogen-bond donors (Lipinski definition) is 2. The molecule has 0 spiro atoms. The maximum Gasteiger partial charge on any atom is 0.325 e. The van der Waals surface area contributed by atoms with E-state index in [4.69, 9.17) is 4.74 Å². The summed E-state index contributed by atoms with van der Waals surface area (Å²) in [5.74, 6) is -1.16. The van der Waals surface area contributed by atoms with Crippen LogP contribution in [0.5, 0.6) is 0 Å². The smallest absolute Gasteiger partial charge is 0.325 e. The van der Waals surface area contributed by atoms with Gasteiger partial charge in [-0.3, -0.25) is 18.8 Å². The molecule has 3 rings (SSSR count). The summed E-state index contributed by atoms with van der Waals surface area (Å²) in [6.45, 7) is 3.11. The summed E-state index contributed by atoms with van der Waals surface area (Å²) in [4.78, 5) is 43.0. The Kier molecular flexibility index (Phi) is 5.40. The van der Waals surface area contributed by atoms with Crippen LogP contribution < -0.4 is 16.2 Å². The number of thioether (sulfide) groups is 1. The zero-order valence-electron chi connectivity index (χ0n) is 13.9. The largest absolute Gasteiger partial charge is 0.465 e. The van der Waals surface area contributed by atoms with Gasteiger partial charge < -0.3 is 15.4 Å². The van der Waals surface area contributed by atoms with E-state index in [-0.39, 0.29) is 18.7 Å². The molecule has 1 aliphatic rings. The molecule has 0 unspecified atom stereocenters. The molecule has 1 amide bonds. The van der Waals surface area contributed by atoms with Crippen molar-refractivity contribution < 1.29 is 14.3 Å². The Morgan fingerprint density at radius 3 is 3.00 bits per heavy atom. The lowest BCUT2D eigenvalue weighted by Gasteiger charge is -2.13. The number of amides is 1. The van der Waals surface area contributed by atoms with Crippen molar-refractivity contribution in [3.63, 3.8) is 0 Å². The van der Waals surface area contributed by atoms with Crippen molar-refractivity contribution in [3.05, 3.63) is 26.5 Å². The minimum Gasteiger partial charge on any atom is -0.465 e. The number of carbonyl (C=O) groups is 2. The van der Waals surface area contributed by atoms with Gasteiger partial charge in [0.25, 0.3) is 11.5 Å². The summed E-state index contributed by atoms with van der Waals surface area (Å²) < 4.78 is 6.31. The third-order valence-electron chi connectivity index (χ3n) is 3.77. The summed E-state index contributed by atoms with van der Waals surface area (Å²) in [6, 6.07) is 0. The van der Waals surface area contributed by atoms with Crippen LogP contribution in [0.3, 0.4) is 0 Å². The molecule has 0 aliphatic carbocycles. The standard InChI is InChI=1S/C15H18N4O4S2/c1-3-23-10(20)7-17-12(21)11-13(24-2)18-15-19(14(11)22)8-4-5-16-6-9(8)25-15/h16H,3-7H2,1-2H3,(H,17,21). The van der Waals surface area contributed by atoms with Gasteiger partial charge in [-0.1, -0.05) is 11.3 Å². The molecule has 0 bridgehead atoms. The molecular formula is C15H18N4O4S2. The summed E-state index contributed by atoms with van der Waals surface area (Å²) >= 11 is 2.69. The third-order valence-corrected chi connectivity index (χ3v) is 5.53. The molecule has 8 nitrogen and oxygen atoms in total. The minimum atomic E-state index is -0.613. The Morgan fingerprint density at radius 1 is 1.48 bits per heavy atom. The highest BCUT2D eigenvalue weighted by Gasteiger charge is 2.25. The average Bonchev–Trinajstić information content (AvgIpc) is 2.98. The van der Waals surface area contributed by atoms with Crippen LogP contribution in [0.15, 0.2) is 9.82 Å². The highest BCUT2D eigenvalue weighted by Crippen LogP contribution is 2.26. The van der Waals surface area contributed by atoms with E-state index in [9.17, 15) is 14.4 Å². The molecule has 0 atom stereocenters. The van der Waals surface area contributed by atoms with Crippen LogP contribution in [0, 0.1) is 0 Å². The van der Waals surface area contributed by atoms with Crippen molar-refractivity contribution in [3.8, 4) is 0 Å². The van der Waals surface area contributed by atoms with Gasteiger partial charge in [0.1, 0.15) is 17.1 Å². The molecule has 10 heteroatoms. The fourth-order valence-electron chi connectivity index (χ4n) is 2.68. The monoisotopic (exact) mass is 382 g/mol. The van der Waals surface area contributed by atoms with Crippen LogP contribution in [0.2, 0.25) is 0 Å².